The van der Waals surface area contributed by atoms with Gasteiger partial charge in [-0.15, -0.1) is 0 Å². The van der Waals surface area contributed by atoms with Gasteiger partial charge in [0.05, 0.1) is 0 Å². The Balaban J connectivity index is 1.73. The highest BCUT2D eigenvalue weighted by molar-refractivity contribution is 7.85. The van der Waals surface area contributed by atoms with Crippen LogP contribution in [0.2, 0.25) is 0 Å². The Morgan fingerprint density at radius 3 is 2.05 bits per heavy atom. The minimum Gasteiger partial charge on any atom is -0.371 e. The third-order valence-corrected chi connectivity index (χ3v) is 5.37. The minimum absolute atomic E-state index is 0.596. The predicted octanol–water partition coefficient (Wildman–Crippen LogP) is 2.25. The zero-order chi connectivity index (χ0) is 13.1. The first-order valence-electron chi connectivity index (χ1n) is 7.28. The molecule has 2 aliphatic rings. The molecule has 0 spiro atoms. The van der Waals surface area contributed by atoms with Crippen molar-refractivity contribution in [2.75, 3.05) is 47.5 Å². The molecular weight excluding hydrogens is 256 g/mol. The van der Waals surface area contributed by atoms with Gasteiger partial charge < -0.3 is 9.80 Å². The van der Waals surface area contributed by atoms with Gasteiger partial charge in [0.2, 0.25) is 0 Å². The maximum Gasteiger partial charge on any atom is 0.0411 e. The second-order valence-corrected chi connectivity index (χ2v) is 7.10. The molecule has 0 aromatic heterocycles. The summed E-state index contributed by atoms with van der Waals surface area (Å²) < 4.78 is 11.4. The number of nitrogens with zero attached hydrogens (tertiary/aromatic N) is 2. The van der Waals surface area contributed by atoms with E-state index in [2.05, 4.69) is 34.1 Å². The Morgan fingerprint density at radius 2 is 1.42 bits per heavy atom. The third-order valence-electron chi connectivity index (χ3n) is 4.09. The van der Waals surface area contributed by atoms with Crippen LogP contribution in [-0.2, 0) is 10.8 Å². The lowest BCUT2D eigenvalue weighted by Crippen LogP contribution is -2.37. The van der Waals surface area contributed by atoms with E-state index in [1.54, 1.807) is 0 Å². The molecule has 1 aromatic carbocycles. The van der Waals surface area contributed by atoms with Crippen molar-refractivity contribution in [1.82, 2.24) is 0 Å². The smallest absolute Gasteiger partial charge is 0.0411 e. The first kappa shape index (κ1) is 13.0. The molecule has 0 aliphatic carbocycles. The molecule has 1 aromatic rings. The van der Waals surface area contributed by atoms with Crippen molar-refractivity contribution in [3.63, 3.8) is 0 Å². The van der Waals surface area contributed by atoms with Gasteiger partial charge in [-0.3, -0.25) is 4.21 Å². The van der Waals surface area contributed by atoms with Crippen molar-refractivity contribution < 1.29 is 4.21 Å². The van der Waals surface area contributed by atoms with Crippen molar-refractivity contribution in [2.45, 2.75) is 19.3 Å². The zero-order valence-corrected chi connectivity index (χ0v) is 12.2. The zero-order valence-electron chi connectivity index (χ0n) is 11.4. The second-order valence-electron chi connectivity index (χ2n) is 5.40. The molecule has 3 nitrogen and oxygen atoms in total. The summed E-state index contributed by atoms with van der Waals surface area (Å²) in [6, 6.07) is 8.86. The van der Waals surface area contributed by atoms with Crippen LogP contribution in [-0.4, -0.2) is 41.9 Å². The number of hydrogen-bond acceptors (Lipinski definition) is 3. The van der Waals surface area contributed by atoms with Gasteiger partial charge >= 0.3 is 0 Å². The Morgan fingerprint density at radius 1 is 0.842 bits per heavy atom. The van der Waals surface area contributed by atoms with Crippen LogP contribution >= 0.6 is 0 Å². The van der Waals surface area contributed by atoms with Gasteiger partial charge in [-0.2, -0.15) is 0 Å². The van der Waals surface area contributed by atoms with Gasteiger partial charge in [0.25, 0.3) is 0 Å². The van der Waals surface area contributed by atoms with Crippen LogP contribution < -0.4 is 9.80 Å². The van der Waals surface area contributed by atoms with E-state index in [-0.39, 0.29) is 0 Å². The highest BCUT2D eigenvalue weighted by Crippen LogP contribution is 2.25. The normalized spacial score (nSPS) is 21.7. The molecule has 0 saturated carbocycles. The molecule has 2 aliphatic heterocycles. The largest absolute Gasteiger partial charge is 0.371 e. The quantitative estimate of drug-likeness (QED) is 0.829. The fraction of sp³-hybridized carbons (Fsp3) is 0.600. The second kappa shape index (κ2) is 5.95. The number of benzene rings is 1. The van der Waals surface area contributed by atoms with Crippen LogP contribution in [0.4, 0.5) is 11.4 Å². The molecule has 19 heavy (non-hydrogen) atoms. The predicted molar refractivity (Wildman–Crippen MR) is 82.6 cm³/mol. The molecule has 2 fully saturated rings. The Hall–Kier alpha value is -1.03. The SMILES string of the molecule is O=S1CCN(c2cccc(N3CCCCC3)c2)CC1. The molecule has 0 N–H and O–H groups in total. The maximum atomic E-state index is 11.4. The number of piperidine rings is 1. The molecule has 2 heterocycles. The molecule has 104 valence electrons. The summed E-state index contributed by atoms with van der Waals surface area (Å²) >= 11 is 0. The summed E-state index contributed by atoms with van der Waals surface area (Å²) in [5.41, 5.74) is 2.64. The fourth-order valence-electron chi connectivity index (χ4n) is 2.93. The first-order valence-corrected chi connectivity index (χ1v) is 8.77. The molecule has 4 heteroatoms. The highest BCUT2D eigenvalue weighted by atomic mass is 32.2. The van der Waals surface area contributed by atoms with Crippen molar-refractivity contribution in [3.8, 4) is 0 Å². The van der Waals surface area contributed by atoms with E-state index in [9.17, 15) is 4.21 Å². The standard InChI is InChI=1S/C15H22N2OS/c18-19-11-9-17(10-12-19)15-6-4-5-14(13-15)16-7-2-1-3-8-16/h4-6,13H,1-3,7-12H2. The molecule has 0 radical (unpaired) electrons. The van der Waals surface area contributed by atoms with Crippen molar-refractivity contribution in [3.05, 3.63) is 24.3 Å². The number of rotatable bonds is 2. The van der Waals surface area contributed by atoms with Gasteiger partial charge in [-0.25, -0.2) is 0 Å². The summed E-state index contributed by atoms with van der Waals surface area (Å²) in [4.78, 5) is 4.87. The lowest BCUT2D eigenvalue weighted by atomic mass is 10.1. The van der Waals surface area contributed by atoms with Crippen molar-refractivity contribution in [2.24, 2.45) is 0 Å². The Bertz CT molecular complexity index is 447. The van der Waals surface area contributed by atoms with E-state index in [4.69, 9.17) is 0 Å². The van der Waals surface area contributed by atoms with Gasteiger partial charge in [-0.1, -0.05) is 6.07 Å². The lowest BCUT2D eigenvalue weighted by Gasteiger charge is -2.32. The molecular formula is C15H22N2OS. The number of anilines is 2. The molecule has 3 rings (SSSR count). The maximum absolute atomic E-state index is 11.4. The molecule has 2 saturated heterocycles. The highest BCUT2D eigenvalue weighted by Gasteiger charge is 2.17. The van der Waals surface area contributed by atoms with E-state index in [0.717, 1.165) is 24.6 Å². The van der Waals surface area contributed by atoms with Crippen LogP contribution in [0.3, 0.4) is 0 Å². The molecule has 0 bridgehead atoms. The third kappa shape index (κ3) is 3.11. The van der Waals surface area contributed by atoms with Crippen LogP contribution in [0.25, 0.3) is 0 Å². The van der Waals surface area contributed by atoms with E-state index in [1.807, 2.05) is 0 Å². The Kier molecular flexibility index (Phi) is 4.06. The lowest BCUT2D eigenvalue weighted by molar-refractivity contribution is 0.578. The average Bonchev–Trinajstić information content (AvgIpc) is 2.49. The van der Waals surface area contributed by atoms with Crippen LogP contribution in [0.1, 0.15) is 19.3 Å². The topological polar surface area (TPSA) is 23.6 Å². The summed E-state index contributed by atoms with van der Waals surface area (Å²) in [7, 11) is -0.596. The molecule has 0 atom stereocenters. The average molecular weight is 278 g/mol. The van der Waals surface area contributed by atoms with E-state index in [0.29, 0.717) is 0 Å². The van der Waals surface area contributed by atoms with Gasteiger partial charge in [0.15, 0.2) is 0 Å². The summed E-state index contributed by atoms with van der Waals surface area (Å²) in [6.07, 6.45) is 3.99. The van der Waals surface area contributed by atoms with E-state index >= 15 is 0 Å². The van der Waals surface area contributed by atoms with Crippen LogP contribution in [0, 0.1) is 0 Å². The first-order chi connectivity index (χ1) is 9.33. The minimum atomic E-state index is -0.596. The van der Waals surface area contributed by atoms with Crippen LogP contribution in [0.5, 0.6) is 0 Å². The van der Waals surface area contributed by atoms with Crippen molar-refractivity contribution >= 4 is 22.2 Å². The fourth-order valence-corrected chi connectivity index (χ4v) is 3.99. The molecule has 0 unspecified atom stereocenters. The summed E-state index contributed by atoms with van der Waals surface area (Å²) in [5.74, 6) is 1.63. The molecule has 0 amide bonds. The monoisotopic (exact) mass is 278 g/mol. The van der Waals surface area contributed by atoms with E-state index < -0.39 is 10.8 Å². The Labute approximate surface area is 118 Å². The van der Waals surface area contributed by atoms with Crippen LogP contribution in [0.15, 0.2) is 24.3 Å². The van der Waals surface area contributed by atoms with Gasteiger partial charge in [-0.05, 0) is 37.5 Å². The summed E-state index contributed by atoms with van der Waals surface area (Å²) in [5, 5.41) is 0. The number of hydrogen-bond donors (Lipinski definition) is 0. The summed E-state index contributed by atoms with van der Waals surface area (Å²) in [6.45, 7) is 4.23. The van der Waals surface area contributed by atoms with Gasteiger partial charge in [0, 0.05) is 59.9 Å². The van der Waals surface area contributed by atoms with Gasteiger partial charge in [0.1, 0.15) is 0 Å². The van der Waals surface area contributed by atoms with Crippen molar-refractivity contribution in [1.29, 1.82) is 0 Å². The van der Waals surface area contributed by atoms with E-state index in [1.165, 1.54) is 43.7 Å².